The Morgan fingerprint density at radius 3 is 2.20 bits per heavy atom. The molecule has 3 rings (SSSR count). The van der Waals surface area contributed by atoms with E-state index in [2.05, 4.69) is 30.0 Å². The van der Waals surface area contributed by atoms with Crippen LogP contribution in [0.25, 0.3) is 0 Å². The largest absolute Gasteiger partial charge is 0.300 e. The summed E-state index contributed by atoms with van der Waals surface area (Å²) in [7, 11) is 2.27. The van der Waals surface area contributed by atoms with Crippen molar-refractivity contribution in [1.82, 2.24) is 4.90 Å². The molecule has 2 heteroatoms. The molecule has 2 heterocycles. The summed E-state index contributed by atoms with van der Waals surface area (Å²) in [4.78, 5) is 2.55. The van der Waals surface area contributed by atoms with Gasteiger partial charge in [0.2, 0.25) is 0 Å². The Bertz CT molecular complexity index is 125. The summed E-state index contributed by atoms with van der Waals surface area (Å²) in [5, 5.41) is 0.972. The average Bonchev–Trinajstić information content (AvgIpc) is 2.04. The molecule has 58 valence electrons. The van der Waals surface area contributed by atoms with Crippen molar-refractivity contribution < 1.29 is 0 Å². The van der Waals surface area contributed by atoms with Crippen LogP contribution in [0.4, 0.5) is 0 Å². The Kier molecular flexibility index (Phi) is 1.69. The van der Waals surface area contributed by atoms with Crippen LogP contribution < -0.4 is 0 Å². The lowest BCUT2D eigenvalue weighted by atomic mass is 9.80. The normalized spacial score (nSPS) is 46.8. The Labute approximate surface area is 67.2 Å². The van der Waals surface area contributed by atoms with Gasteiger partial charge in [-0.05, 0) is 32.6 Å². The lowest BCUT2D eigenvalue weighted by Gasteiger charge is -2.53. The summed E-state index contributed by atoms with van der Waals surface area (Å²) in [5.41, 5.74) is 0. The highest BCUT2D eigenvalue weighted by Crippen LogP contribution is 2.40. The molecule has 10 heavy (non-hydrogen) atoms. The first-order chi connectivity index (χ1) is 4.81. The maximum atomic E-state index is 2.55. The third-order valence-electron chi connectivity index (χ3n) is 3.10. The Hall–Kier alpha value is 0.310. The van der Waals surface area contributed by atoms with E-state index in [0.717, 1.165) is 17.3 Å². The minimum absolute atomic E-state index is 0.941. The molecule has 2 bridgehead atoms. The van der Waals surface area contributed by atoms with E-state index in [1.165, 1.54) is 19.3 Å². The predicted octanol–water partition coefficient (Wildman–Crippen LogP) is 1.58. The van der Waals surface area contributed by atoms with E-state index in [9.17, 15) is 0 Å². The van der Waals surface area contributed by atoms with Gasteiger partial charge in [0.25, 0.3) is 0 Å². The molecule has 3 fully saturated rings. The topological polar surface area (TPSA) is 3.24 Å². The molecule has 3 atom stereocenters. The molecule has 2 saturated heterocycles. The molecule has 1 nitrogen and oxygen atoms in total. The number of nitrogens with zero attached hydrogens (tertiary/aromatic N) is 1. The fourth-order valence-corrected chi connectivity index (χ4v) is 3.06. The van der Waals surface area contributed by atoms with E-state index >= 15 is 0 Å². The first-order valence-electron chi connectivity index (χ1n) is 4.06. The van der Waals surface area contributed by atoms with Crippen molar-refractivity contribution in [2.75, 3.05) is 13.3 Å². The van der Waals surface area contributed by atoms with Gasteiger partial charge in [-0.15, -0.1) is 0 Å². The summed E-state index contributed by atoms with van der Waals surface area (Å²) in [6.07, 6.45) is 6.60. The molecule has 3 aliphatic rings. The molecular formula is C8H15NS. The molecule has 0 amide bonds. The number of thioether (sulfide) groups is 1. The van der Waals surface area contributed by atoms with Crippen molar-refractivity contribution >= 4 is 11.8 Å². The molecular weight excluding hydrogens is 142 g/mol. The zero-order valence-electron chi connectivity index (χ0n) is 6.71. The number of hydrogen-bond donors (Lipinski definition) is 0. The van der Waals surface area contributed by atoms with Gasteiger partial charge in [0.05, 0.1) is 0 Å². The molecule has 0 aromatic heterocycles. The van der Waals surface area contributed by atoms with E-state index < -0.39 is 0 Å². The highest BCUT2D eigenvalue weighted by atomic mass is 32.2. The van der Waals surface area contributed by atoms with Gasteiger partial charge in [0.15, 0.2) is 0 Å². The average molecular weight is 157 g/mol. The van der Waals surface area contributed by atoms with Gasteiger partial charge >= 0.3 is 0 Å². The second-order valence-corrected chi connectivity index (χ2v) is 4.68. The Morgan fingerprint density at radius 2 is 1.80 bits per heavy atom. The van der Waals surface area contributed by atoms with Gasteiger partial charge in [-0.25, -0.2) is 0 Å². The fourth-order valence-electron chi connectivity index (χ4n) is 2.23. The maximum absolute atomic E-state index is 2.55. The summed E-state index contributed by atoms with van der Waals surface area (Å²) >= 11 is 2.06. The van der Waals surface area contributed by atoms with Gasteiger partial charge in [-0.1, -0.05) is 0 Å². The van der Waals surface area contributed by atoms with Crippen LogP contribution in [0.15, 0.2) is 0 Å². The van der Waals surface area contributed by atoms with Crippen molar-refractivity contribution in [1.29, 1.82) is 0 Å². The standard InChI is InChI=1S/C8H15NS/c1-9-6-3-7(9)5-8(4-6)10-2/h6-8H,3-5H2,1-2H3/t6-,7+,8?. The zero-order valence-corrected chi connectivity index (χ0v) is 7.53. The minimum atomic E-state index is 0.941. The molecule has 0 N–H and O–H groups in total. The third kappa shape index (κ3) is 0.892. The van der Waals surface area contributed by atoms with Crippen molar-refractivity contribution in [3.8, 4) is 0 Å². The smallest absolute Gasteiger partial charge is 0.0121 e. The molecule has 1 unspecified atom stereocenters. The maximum Gasteiger partial charge on any atom is 0.0121 e. The second kappa shape index (κ2) is 2.42. The first-order valence-corrected chi connectivity index (χ1v) is 5.34. The first kappa shape index (κ1) is 6.99. The molecule has 1 saturated carbocycles. The number of hydrogen-bond acceptors (Lipinski definition) is 2. The quantitative estimate of drug-likeness (QED) is 0.568. The van der Waals surface area contributed by atoms with Crippen LogP contribution in [0.2, 0.25) is 0 Å². The van der Waals surface area contributed by atoms with E-state index in [4.69, 9.17) is 0 Å². The Morgan fingerprint density at radius 1 is 1.20 bits per heavy atom. The highest BCUT2D eigenvalue weighted by Gasteiger charge is 2.42. The van der Waals surface area contributed by atoms with E-state index in [-0.39, 0.29) is 0 Å². The van der Waals surface area contributed by atoms with Gasteiger partial charge in [-0.3, -0.25) is 0 Å². The third-order valence-corrected chi connectivity index (χ3v) is 4.15. The summed E-state index contributed by atoms with van der Waals surface area (Å²) in [6, 6.07) is 1.88. The van der Waals surface area contributed by atoms with Crippen LogP contribution >= 0.6 is 11.8 Å². The van der Waals surface area contributed by atoms with Crippen molar-refractivity contribution in [2.45, 2.75) is 36.6 Å². The van der Waals surface area contributed by atoms with Gasteiger partial charge in [0.1, 0.15) is 0 Å². The van der Waals surface area contributed by atoms with E-state index in [1.54, 1.807) is 0 Å². The van der Waals surface area contributed by atoms with Crippen LogP contribution in [0.3, 0.4) is 0 Å². The molecule has 2 aliphatic heterocycles. The van der Waals surface area contributed by atoms with Gasteiger partial charge in [-0.2, -0.15) is 11.8 Å². The second-order valence-electron chi connectivity index (χ2n) is 3.54. The molecule has 0 aromatic rings. The number of fused-ring (bicyclic) bond motifs is 2. The highest BCUT2D eigenvalue weighted by molar-refractivity contribution is 7.99. The molecule has 0 aromatic carbocycles. The van der Waals surface area contributed by atoms with E-state index in [1.807, 2.05) is 0 Å². The molecule has 0 radical (unpaired) electrons. The van der Waals surface area contributed by atoms with Crippen molar-refractivity contribution in [3.63, 3.8) is 0 Å². The fraction of sp³-hybridized carbons (Fsp3) is 1.00. The molecule has 0 spiro atoms. The predicted molar refractivity (Wildman–Crippen MR) is 46.5 cm³/mol. The van der Waals surface area contributed by atoms with Crippen LogP contribution in [0.5, 0.6) is 0 Å². The number of rotatable bonds is 1. The van der Waals surface area contributed by atoms with Crippen LogP contribution in [-0.2, 0) is 0 Å². The van der Waals surface area contributed by atoms with Crippen molar-refractivity contribution in [3.05, 3.63) is 0 Å². The summed E-state index contributed by atoms with van der Waals surface area (Å²) < 4.78 is 0. The van der Waals surface area contributed by atoms with Crippen molar-refractivity contribution in [2.24, 2.45) is 0 Å². The lowest BCUT2D eigenvalue weighted by molar-refractivity contribution is 0.00114. The lowest BCUT2D eigenvalue weighted by Crippen LogP contribution is -2.59. The summed E-state index contributed by atoms with van der Waals surface area (Å²) in [5.74, 6) is 0. The van der Waals surface area contributed by atoms with Crippen LogP contribution in [0.1, 0.15) is 19.3 Å². The SMILES string of the molecule is CSC1C[C@@H]2C[C@H](C1)N2C. The zero-order chi connectivity index (χ0) is 7.14. The van der Waals surface area contributed by atoms with Crippen LogP contribution in [0, 0.1) is 0 Å². The van der Waals surface area contributed by atoms with E-state index in [0.29, 0.717) is 0 Å². The molecule has 1 aliphatic carbocycles. The monoisotopic (exact) mass is 157 g/mol. The van der Waals surface area contributed by atoms with Gasteiger partial charge < -0.3 is 4.90 Å². The number of piperidine rings is 1. The Balaban J connectivity index is 1.93. The van der Waals surface area contributed by atoms with Gasteiger partial charge in [0, 0.05) is 17.3 Å². The summed E-state index contributed by atoms with van der Waals surface area (Å²) in [6.45, 7) is 0. The minimum Gasteiger partial charge on any atom is -0.300 e. The van der Waals surface area contributed by atoms with Crippen LogP contribution in [-0.4, -0.2) is 35.5 Å².